The van der Waals surface area contributed by atoms with Crippen molar-refractivity contribution >= 4 is 43.9 Å². The average Bonchev–Trinajstić information content (AvgIpc) is 3.49. The Hall–Kier alpha value is -5.22. The molecule has 8 aromatic rings. The first-order chi connectivity index (χ1) is 19.3. The summed E-state index contributed by atoms with van der Waals surface area (Å²) in [5.41, 5.74) is 8.48. The number of benzene rings is 4. The average molecular weight is 501 g/mol. The number of para-hydroxylation sites is 3. The Bertz CT molecular complexity index is 2180. The first-order valence-electron chi connectivity index (χ1n) is 13.2. The highest BCUT2D eigenvalue weighted by molar-refractivity contribution is 6.16. The first kappa shape index (κ1) is 21.8. The van der Waals surface area contributed by atoms with Crippen molar-refractivity contribution in [2.45, 2.75) is 6.92 Å². The Morgan fingerprint density at radius 3 is 1.85 bits per heavy atom. The van der Waals surface area contributed by atoms with Gasteiger partial charge >= 0.3 is 0 Å². The van der Waals surface area contributed by atoms with E-state index in [2.05, 4.69) is 137 Å². The lowest BCUT2D eigenvalue weighted by Gasteiger charge is -2.11. The second kappa shape index (κ2) is 8.40. The van der Waals surface area contributed by atoms with Crippen LogP contribution in [0.1, 0.15) is 5.56 Å². The predicted octanol–water partition coefficient (Wildman–Crippen LogP) is 8.65. The molecule has 0 aliphatic carbocycles. The number of pyridine rings is 2. The molecule has 39 heavy (non-hydrogen) atoms. The molecule has 8 rings (SSSR count). The van der Waals surface area contributed by atoms with Crippen LogP contribution in [0.25, 0.3) is 66.6 Å². The van der Waals surface area contributed by atoms with Crippen LogP contribution >= 0.6 is 0 Å². The van der Waals surface area contributed by atoms with Crippen LogP contribution in [0.15, 0.2) is 127 Å². The lowest BCUT2D eigenvalue weighted by molar-refractivity contribution is 1.05. The minimum absolute atomic E-state index is 0.858. The van der Waals surface area contributed by atoms with Gasteiger partial charge in [-0.15, -0.1) is 0 Å². The molecule has 0 amide bonds. The van der Waals surface area contributed by atoms with Crippen molar-refractivity contribution in [2.24, 2.45) is 0 Å². The molecule has 4 heterocycles. The summed E-state index contributed by atoms with van der Waals surface area (Å²) in [7, 11) is 0. The highest BCUT2D eigenvalue weighted by atomic mass is 15.1. The number of aromatic nitrogens is 4. The molecule has 184 valence electrons. The van der Waals surface area contributed by atoms with Crippen molar-refractivity contribution in [1.82, 2.24) is 19.1 Å². The summed E-state index contributed by atoms with van der Waals surface area (Å²) < 4.78 is 4.47. The second-order valence-corrected chi connectivity index (χ2v) is 9.97. The highest BCUT2D eigenvalue weighted by Gasteiger charge is 2.20. The summed E-state index contributed by atoms with van der Waals surface area (Å²) in [5, 5.41) is 4.63. The van der Waals surface area contributed by atoms with Gasteiger partial charge in [-0.2, -0.15) is 0 Å². The van der Waals surface area contributed by atoms with Crippen LogP contribution in [0, 0.1) is 6.92 Å². The van der Waals surface area contributed by atoms with E-state index in [1.54, 1.807) is 0 Å². The lowest BCUT2D eigenvalue weighted by atomic mass is 10.1. The van der Waals surface area contributed by atoms with E-state index in [-0.39, 0.29) is 0 Å². The summed E-state index contributed by atoms with van der Waals surface area (Å²) in [5.74, 6) is 0.858. The van der Waals surface area contributed by atoms with Gasteiger partial charge in [-0.3, -0.25) is 9.13 Å². The van der Waals surface area contributed by atoms with Crippen molar-refractivity contribution < 1.29 is 0 Å². The second-order valence-electron chi connectivity index (χ2n) is 9.97. The maximum atomic E-state index is 5.41. The van der Waals surface area contributed by atoms with Crippen LogP contribution < -0.4 is 0 Å². The molecule has 0 unspecified atom stereocenters. The van der Waals surface area contributed by atoms with Gasteiger partial charge in [0.1, 0.15) is 17.1 Å². The highest BCUT2D eigenvalue weighted by Crippen LogP contribution is 2.37. The SMILES string of the molecule is Cc1ccccc1-c1cccc(-n2c3ccccc3c3cc4c5ccccc5n(-c5ccccc5)c4nc32)n1. The fourth-order valence-electron chi connectivity index (χ4n) is 5.88. The van der Waals surface area contributed by atoms with E-state index >= 15 is 0 Å². The molecule has 0 saturated carbocycles. The van der Waals surface area contributed by atoms with E-state index in [0.29, 0.717) is 0 Å². The van der Waals surface area contributed by atoms with Gasteiger partial charge in [0.2, 0.25) is 0 Å². The Balaban J connectivity index is 1.49. The third-order valence-electron chi connectivity index (χ3n) is 7.68. The van der Waals surface area contributed by atoms with E-state index in [4.69, 9.17) is 9.97 Å². The number of fused-ring (bicyclic) bond motifs is 6. The molecule has 0 aliphatic rings. The van der Waals surface area contributed by atoms with E-state index in [1.807, 2.05) is 6.07 Å². The van der Waals surface area contributed by atoms with Crippen molar-refractivity contribution in [1.29, 1.82) is 0 Å². The van der Waals surface area contributed by atoms with Crippen LogP contribution in [0.3, 0.4) is 0 Å². The topological polar surface area (TPSA) is 35.6 Å². The summed E-state index contributed by atoms with van der Waals surface area (Å²) in [4.78, 5) is 10.6. The molecule has 4 heteroatoms. The Labute approximate surface area is 225 Å². The van der Waals surface area contributed by atoms with Crippen molar-refractivity contribution in [2.75, 3.05) is 0 Å². The summed E-state index contributed by atoms with van der Waals surface area (Å²) in [6.45, 7) is 2.13. The minimum atomic E-state index is 0.858. The van der Waals surface area contributed by atoms with Crippen molar-refractivity contribution in [3.63, 3.8) is 0 Å². The molecule has 0 aliphatic heterocycles. The molecular weight excluding hydrogens is 476 g/mol. The fraction of sp³-hybridized carbons (Fsp3) is 0.0286. The van der Waals surface area contributed by atoms with Crippen molar-refractivity contribution in [3.05, 3.63) is 133 Å². The number of rotatable bonds is 3. The van der Waals surface area contributed by atoms with Crippen LogP contribution in [0.4, 0.5) is 0 Å². The van der Waals surface area contributed by atoms with E-state index < -0.39 is 0 Å². The number of aryl methyl sites for hydroxylation is 1. The third kappa shape index (κ3) is 3.25. The Kier molecular flexibility index (Phi) is 4.70. The maximum absolute atomic E-state index is 5.41. The van der Waals surface area contributed by atoms with Gasteiger partial charge in [-0.05, 0) is 55.0 Å². The Morgan fingerprint density at radius 2 is 1.10 bits per heavy atom. The predicted molar refractivity (Wildman–Crippen MR) is 161 cm³/mol. The molecular formula is C35H24N4. The Morgan fingerprint density at radius 1 is 0.487 bits per heavy atom. The van der Waals surface area contributed by atoms with Crippen LogP contribution in [0.2, 0.25) is 0 Å². The van der Waals surface area contributed by atoms with Crippen molar-refractivity contribution in [3.8, 4) is 22.8 Å². The zero-order chi connectivity index (χ0) is 25.9. The fourth-order valence-corrected chi connectivity index (χ4v) is 5.88. The smallest absolute Gasteiger partial charge is 0.149 e. The molecule has 0 saturated heterocycles. The molecule has 4 aromatic carbocycles. The zero-order valence-corrected chi connectivity index (χ0v) is 21.4. The van der Waals surface area contributed by atoms with Crippen LogP contribution in [-0.4, -0.2) is 19.1 Å². The van der Waals surface area contributed by atoms with Gasteiger partial charge < -0.3 is 0 Å². The maximum Gasteiger partial charge on any atom is 0.149 e. The van der Waals surface area contributed by atoms with E-state index in [9.17, 15) is 0 Å². The molecule has 0 bridgehead atoms. The molecule has 4 aromatic heterocycles. The van der Waals surface area contributed by atoms with E-state index in [1.165, 1.54) is 16.3 Å². The molecule has 0 atom stereocenters. The summed E-state index contributed by atoms with van der Waals surface area (Å²) in [6.07, 6.45) is 0. The van der Waals surface area contributed by atoms with Gasteiger partial charge in [0.05, 0.1) is 16.7 Å². The minimum Gasteiger partial charge on any atom is -0.294 e. The van der Waals surface area contributed by atoms with Crippen LogP contribution in [0.5, 0.6) is 0 Å². The lowest BCUT2D eigenvalue weighted by Crippen LogP contribution is -2.01. The molecule has 0 N–H and O–H groups in total. The van der Waals surface area contributed by atoms with Gasteiger partial charge in [-0.25, -0.2) is 9.97 Å². The summed E-state index contributed by atoms with van der Waals surface area (Å²) in [6, 6.07) is 44.5. The third-order valence-corrected chi connectivity index (χ3v) is 7.68. The summed E-state index contributed by atoms with van der Waals surface area (Å²) >= 11 is 0. The first-order valence-corrected chi connectivity index (χ1v) is 13.2. The molecule has 0 spiro atoms. The van der Waals surface area contributed by atoms with Crippen LogP contribution in [-0.2, 0) is 0 Å². The standard InChI is InChI=1S/C35H24N4/c1-23-12-5-6-15-25(23)30-18-11-21-33(36-30)39-32-20-10-8-17-27(32)29-22-28-26-16-7-9-19-31(26)38(34(28)37-35(29)39)24-13-3-2-4-14-24/h2-22H,1H3. The van der Waals surface area contributed by atoms with Gasteiger partial charge in [0, 0.05) is 32.8 Å². The zero-order valence-electron chi connectivity index (χ0n) is 21.4. The van der Waals surface area contributed by atoms with Gasteiger partial charge in [0.25, 0.3) is 0 Å². The van der Waals surface area contributed by atoms with Gasteiger partial charge in [-0.1, -0.05) is 84.9 Å². The quantitative estimate of drug-likeness (QED) is 0.243. The van der Waals surface area contributed by atoms with Gasteiger partial charge in [0.15, 0.2) is 0 Å². The largest absolute Gasteiger partial charge is 0.294 e. The number of hydrogen-bond acceptors (Lipinski definition) is 2. The normalized spacial score (nSPS) is 11.7. The van der Waals surface area contributed by atoms with E-state index in [0.717, 1.165) is 55.9 Å². The molecule has 0 fully saturated rings. The molecule has 0 radical (unpaired) electrons. The number of nitrogens with zero attached hydrogens (tertiary/aromatic N) is 4. The monoisotopic (exact) mass is 500 g/mol. The number of hydrogen-bond donors (Lipinski definition) is 0. The molecule has 4 nitrogen and oxygen atoms in total.